The molecule has 2 aromatic heterocycles. The van der Waals surface area contributed by atoms with Crippen molar-refractivity contribution >= 4 is 11.8 Å². The second-order valence-corrected chi connectivity index (χ2v) is 5.17. The molecule has 0 aliphatic carbocycles. The van der Waals surface area contributed by atoms with E-state index in [9.17, 15) is 4.79 Å². The molecule has 114 valence electrons. The number of hydrogen-bond acceptors (Lipinski definition) is 6. The second kappa shape index (κ2) is 6.51. The fourth-order valence-electron chi connectivity index (χ4n) is 2.70. The van der Waals surface area contributed by atoms with E-state index in [0.29, 0.717) is 12.5 Å². The van der Waals surface area contributed by atoms with Crippen LogP contribution in [0.3, 0.4) is 0 Å². The molecule has 0 aromatic carbocycles. The van der Waals surface area contributed by atoms with Gasteiger partial charge in [0, 0.05) is 37.6 Å². The van der Waals surface area contributed by atoms with Crippen LogP contribution in [0.1, 0.15) is 35.4 Å². The second-order valence-electron chi connectivity index (χ2n) is 5.17. The predicted octanol–water partition coefficient (Wildman–Crippen LogP) is 2.04. The van der Waals surface area contributed by atoms with Gasteiger partial charge in [0.05, 0.1) is 6.61 Å². The quantitative estimate of drug-likeness (QED) is 0.805. The van der Waals surface area contributed by atoms with Gasteiger partial charge in [-0.3, -0.25) is 4.98 Å². The van der Waals surface area contributed by atoms with E-state index in [1.807, 2.05) is 18.5 Å². The molecular weight excluding hydrogens is 280 g/mol. The van der Waals surface area contributed by atoms with Crippen molar-refractivity contribution < 1.29 is 9.53 Å². The number of aromatic nitrogens is 3. The average Bonchev–Trinajstić information content (AvgIpc) is 3.06. The maximum absolute atomic E-state index is 11.7. The van der Waals surface area contributed by atoms with Crippen molar-refractivity contribution in [2.45, 2.75) is 19.3 Å². The lowest BCUT2D eigenvalue weighted by Crippen LogP contribution is -2.22. The Morgan fingerprint density at radius 1 is 1.32 bits per heavy atom. The highest BCUT2D eigenvalue weighted by Gasteiger charge is 2.25. The molecule has 3 heterocycles. The SMILES string of the molecule is CCOC(=O)c1nccc(N2CCC(c3ccncc3)C2)n1. The molecule has 1 aliphatic heterocycles. The molecule has 2 aromatic rings. The molecular formula is C16H18N4O2. The van der Waals surface area contributed by atoms with Gasteiger partial charge in [0.2, 0.25) is 5.82 Å². The summed E-state index contributed by atoms with van der Waals surface area (Å²) in [4.78, 5) is 26.3. The van der Waals surface area contributed by atoms with Gasteiger partial charge in [0.15, 0.2) is 0 Å². The number of rotatable bonds is 4. The molecule has 1 unspecified atom stereocenters. The standard InChI is InChI=1S/C16H18N4O2/c1-2-22-16(21)15-18-9-5-14(19-15)20-10-6-13(11-20)12-3-7-17-8-4-12/h3-5,7-9,13H,2,6,10-11H2,1H3. The third kappa shape index (κ3) is 3.05. The number of anilines is 1. The first kappa shape index (κ1) is 14.4. The molecule has 6 nitrogen and oxygen atoms in total. The molecule has 0 N–H and O–H groups in total. The third-order valence-corrected chi connectivity index (χ3v) is 3.79. The zero-order valence-corrected chi connectivity index (χ0v) is 12.5. The van der Waals surface area contributed by atoms with Gasteiger partial charge in [-0.05, 0) is 37.1 Å². The minimum absolute atomic E-state index is 0.117. The number of pyridine rings is 1. The Labute approximate surface area is 129 Å². The lowest BCUT2D eigenvalue weighted by atomic mass is 10.00. The van der Waals surface area contributed by atoms with Crippen LogP contribution in [0.5, 0.6) is 0 Å². The summed E-state index contributed by atoms with van der Waals surface area (Å²) < 4.78 is 4.95. The largest absolute Gasteiger partial charge is 0.460 e. The third-order valence-electron chi connectivity index (χ3n) is 3.79. The van der Waals surface area contributed by atoms with Crippen LogP contribution in [0.25, 0.3) is 0 Å². The van der Waals surface area contributed by atoms with Crippen molar-refractivity contribution in [2.75, 3.05) is 24.6 Å². The van der Waals surface area contributed by atoms with Crippen LogP contribution >= 0.6 is 0 Å². The van der Waals surface area contributed by atoms with E-state index in [-0.39, 0.29) is 5.82 Å². The Bertz CT molecular complexity index is 648. The average molecular weight is 298 g/mol. The molecule has 1 saturated heterocycles. The summed E-state index contributed by atoms with van der Waals surface area (Å²) in [6.45, 7) is 3.87. The van der Waals surface area contributed by atoms with E-state index in [4.69, 9.17) is 4.74 Å². The molecule has 1 fully saturated rings. The molecule has 1 aliphatic rings. The number of carbonyl (C=O) groups excluding carboxylic acids is 1. The Morgan fingerprint density at radius 3 is 2.91 bits per heavy atom. The van der Waals surface area contributed by atoms with Gasteiger partial charge < -0.3 is 9.64 Å². The highest BCUT2D eigenvalue weighted by atomic mass is 16.5. The van der Waals surface area contributed by atoms with Crippen molar-refractivity contribution in [3.63, 3.8) is 0 Å². The van der Waals surface area contributed by atoms with Crippen molar-refractivity contribution in [2.24, 2.45) is 0 Å². The number of esters is 1. The Hall–Kier alpha value is -2.50. The van der Waals surface area contributed by atoms with Gasteiger partial charge >= 0.3 is 5.97 Å². The summed E-state index contributed by atoms with van der Waals surface area (Å²) in [7, 11) is 0. The number of ether oxygens (including phenoxy) is 1. The first-order valence-electron chi connectivity index (χ1n) is 7.43. The van der Waals surface area contributed by atoms with Crippen LogP contribution in [0.4, 0.5) is 5.82 Å². The zero-order chi connectivity index (χ0) is 15.4. The van der Waals surface area contributed by atoms with Crippen molar-refractivity contribution in [3.8, 4) is 0 Å². The summed E-state index contributed by atoms with van der Waals surface area (Å²) >= 11 is 0. The van der Waals surface area contributed by atoms with Gasteiger partial charge in [-0.1, -0.05) is 0 Å². The molecule has 0 bridgehead atoms. The number of nitrogens with zero attached hydrogens (tertiary/aromatic N) is 4. The molecule has 22 heavy (non-hydrogen) atoms. The van der Waals surface area contributed by atoms with Crippen molar-refractivity contribution in [3.05, 3.63) is 48.2 Å². The van der Waals surface area contributed by atoms with Crippen LogP contribution < -0.4 is 4.90 Å². The van der Waals surface area contributed by atoms with Crippen molar-refractivity contribution in [1.82, 2.24) is 15.0 Å². The van der Waals surface area contributed by atoms with Crippen LogP contribution in [-0.4, -0.2) is 40.6 Å². The Morgan fingerprint density at radius 2 is 2.14 bits per heavy atom. The van der Waals surface area contributed by atoms with Crippen LogP contribution in [-0.2, 0) is 4.74 Å². The lowest BCUT2D eigenvalue weighted by molar-refractivity contribution is 0.0512. The molecule has 3 rings (SSSR count). The van der Waals surface area contributed by atoms with E-state index < -0.39 is 5.97 Å². The summed E-state index contributed by atoms with van der Waals surface area (Å²) in [5, 5.41) is 0. The monoisotopic (exact) mass is 298 g/mol. The lowest BCUT2D eigenvalue weighted by Gasteiger charge is -2.17. The van der Waals surface area contributed by atoms with Crippen molar-refractivity contribution in [1.29, 1.82) is 0 Å². The maximum Gasteiger partial charge on any atom is 0.376 e. The fraction of sp³-hybridized carbons (Fsp3) is 0.375. The Kier molecular flexibility index (Phi) is 4.27. The van der Waals surface area contributed by atoms with Gasteiger partial charge in [-0.25, -0.2) is 14.8 Å². The van der Waals surface area contributed by atoms with E-state index in [0.717, 1.165) is 25.3 Å². The highest BCUT2D eigenvalue weighted by Crippen LogP contribution is 2.29. The number of hydrogen-bond donors (Lipinski definition) is 0. The van der Waals surface area contributed by atoms with Gasteiger partial charge in [0.1, 0.15) is 5.82 Å². The first-order chi connectivity index (χ1) is 10.8. The Balaban J connectivity index is 1.73. The van der Waals surface area contributed by atoms with E-state index in [1.165, 1.54) is 5.56 Å². The molecule has 0 amide bonds. The molecule has 1 atom stereocenters. The number of carbonyl (C=O) groups is 1. The molecule has 0 spiro atoms. The topological polar surface area (TPSA) is 68.2 Å². The fourth-order valence-corrected chi connectivity index (χ4v) is 2.70. The van der Waals surface area contributed by atoms with Gasteiger partial charge in [-0.15, -0.1) is 0 Å². The molecule has 0 saturated carbocycles. The smallest absolute Gasteiger partial charge is 0.376 e. The van der Waals surface area contributed by atoms with Crippen LogP contribution in [0.2, 0.25) is 0 Å². The van der Waals surface area contributed by atoms with E-state index >= 15 is 0 Å². The summed E-state index contributed by atoms with van der Waals surface area (Å²) in [6.07, 6.45) is 6.31. The summed E-state index contributed by atoms with van der Waals surface area (Å²) in [6, 6.07) is 5.94. The first-order valence-corrected chi connectivity index (χ1v) is 7.43. The normalized spacial score (nSPS) is 17.5. The highest BCUT2D eigenvalue weighted by molar-refractivity contribution is 5.85. The summed E-state index contributed by atoms with van der Waals surface area (Å²) in [5.41, 5.74) is 1.29. The predicted molar refractivity (Wildman–Crippen MR) is 81.8 cm³/mol. The van der Waals surface area contributed by atoms with Gasteiger partial charge in [0.25, 0.3) is 0 Å². The molecule has 0 radical (unpaired) electrons. The zero-order valence-electron chi connectivity index (χ0n) is 12.5. The minimum atomic E-state index is -0.478. The van der Waals surface area contributed by atoms with E-state index in [2.05, 4.69) is 32.0 Å². The van der Waals surface area contributed by atoms with Crippen LogP contribution in [0, 0.1) is 0 Å². The molecule has 6 heteroatoms. The summed E-state index contributed by atoms with van der Waals surface area (Å²) in [5.74, 6) is 0.875. The maximum atomic E-state index is 11.7. The van der Waals surface area contributed by atoms with Crippen LogP contribution in [0.15, 0.2) is 36.8 Å². The van der Waals surface area contributed by atoms with E-state index in [1.54, 1.807) is 13.1 Å². The van der Waals surface area contributed by atoms with Gasteiger partial charge in [-0.2, -0.15) is 0 Å². The minimum Gasteiger partial charge on any atom is -0.460 e.